The average molecular weight is 308 g/mol. The Hall–Kier alpha value is -2.35. The van der Waals surface area contributed by atoms with Gasteiger partial charge in [0.2, 0.25) is 0 Å². The number of unbranched alkanes of at least 4 members (excludes halogenated alkanes) is 1. The van der Waals surface area contributed by atoms with Crippen LogP contribution in [0.3, 0.4) is 0 Å². The van der Waals surface area contributed by atoms with Gasteiger partial charge in [-0.2, -0.15) is 0 Å². The molecule has 2 rings (SSSR count). The van der Waals surface area contributed by atoms with Gasteiger partial charge in [-0.15, -0.1) is 0 Å². The van der Waals surface area contributed by atoms with Crippen molar-refractivity contribution in [3.05, 3.63) is 65.2 Å². The smallest absolute Gasteiger partial charge is 0.336 e. The third-order valence-corrected chi connectivity index (χ3v) is 3.84. The minimum absolute atomic E-state index is 0.348. The van der Waals surface area contributed by atoms with Crippen LogP contribution in [-0.2, 0) is 6.42 Å². The van der Waals surface area contributed by atoms with Crippen LogP contribution in [0.4, 0.5) is 0 Å². The molecule has 23 heavy (non-hydrogen) atoms. The Morgan fingerprint density at radius 3 is 2.39 bits per heavy atom. The SMILES string of the molecule is CCCC=Cc1ccc(C(=O)O)c(-c2ccc(CCC)cc2)c1. The van der Waals surface area contributed by atoms with E-state index < -0.39 is 5.97 Å². The first-order valence-corrected chi connectivity index (χ1v) is 8.29. The van der Waals surface area contributed by atoms with Gasteiger partial charge in [-0.25, -0.2) is 4.79 Å². The summed E-state index contributed by atoms with van der Waals surface area (Å²) < 4.78 is 0. The molecule has 0 spiro atoms. The third kappa shape index (κ3) is 4.56. The molecule has 120 valence electrons. The molecule has 2 aromatic carbocycles. The lowest BCUT2D eigenvalue weighted by Crippen LogP contribution is -2.00. The van der Waals surface area contributed by atoms with Gasteiger partial charge in [0.15, 0.2) is 0 Å². The first kappa shape index (κ1) is 17.0. The Bertz CT molecular complexity index is 681. The molecule has 0 aliphatic carbocycles. The normalized spacial score (nSPS) is 11.0. The van der Waals surface area contributed by atoms with Gasteiger partial charge in [0.05, 0.1) is 5.56 Å². The van der Waals surface area contributed by atoms with Crippen molar-refractivity contribution in [1.29, 1.82) is 0 Å². The van der Waals surface area contributed by atoms with Gasteiger partial charge < -0.3 is 5.11 Å². The number of hydrogen-bond donors (Lipinski definition) is 1. The second-order valence-electron chi connectivity index (χ2n) is 5.75. The highest BCUT2D eigenvalue weighted by Crippen LogP contribution is 2.26. The van der Waals surface area contributed by atoms with E-state index in [-0.39, 0.29) is 0 Å². The maximum atomic E-state index is 11.5. The van der Waals surface area contributed by atoms with Crippen LogP contribution in [0.2, 0.25) is 0 Å². The summed E-state index contributed by atoms with van der Waals surface area (Å²) in [5, 5.41) is 9.45. The second-order valence-corrected chi connectivity index (χ2v) is 5.75. The van der Waals surface area contributed by atoms with Gasteiger partial charge in [0.1, 0.15) is 0 Å². The zero-order chi connectivity index (χ0) is 16.7. The molecule has 1 N–H and O–H groups in total. The third-order valence-electron chi connectivity index (χ3n) is 3.84. The molecule has 0 saturated carbocycles. The molecule has 0 bridgehead atoms. The van der Waals surface area contributed by atoms with Gasteiger partial charge in [0, 0.05) is 0 Å². The van der Waals surface area contributed by atoms with E-state index in [4.69, 9.17) is 0 Å². The van der Waals surface area contributed by atoms with E-state index in [1.54, 1.807) is 6.07 Å². The average Bonchev–Trinajstić information content (AvgIpc) is 2.56. The zero-order valence-corrected chi connectivity index (χ0v) is 13.9. The Morgan fingerprint density at radius 2 is 1.78 bits per heavy atom. The molecule has 0 atom stereocenters. The van der Waals surface area contributed by atoms with E-state index in [1.165, 1.54) is 5.56 Å². The lowest BCUT2D eigenvalue weighted by molar-refractivity contribution is 0.0697. The Morgan fingerprint density at radius 1 is 1.04 bits per heavy atom. The molecule has 0 saturated heterocycles. The van der Waals surface area contributed by atoms with Crippen molar-refractivity contribution >= 4 is 12.0 Å². The standard InChI is InChI=1S/C21H24O2/c1-3-5-6-8-17-11-14-19(21(22)23)20(15-17)18-12-9-16(7-4-2)10-13-18/h6,8-15H,3-5,7H2,1-2H3,(H,22,23). The molecule has 0 radical (unpaired) electrons. The van der Waals surface area contributed by atoms with Gasteiger partial charge in [-0.3, -0.25) is 0 Å². The molecule has 2 aromatic rings. The van der Waals surface area contributed by atoms with Crippen LogP contribution in [0.25, 0.3) is 17.2 Å². The molecule has 0 unspecified atom stereocenters. The van der Waals surface area contributed by atoms with E-state index in [0.29, 0.717) is 5.56 Å². The fraction of sp³-hybridized carbons (Fsp3) is 0.286. The monoisotopic (exact) mass is 308 g/mol. The van der Waals surface area contributed by atoms with Crippen LogP contribution in [0.1, 0.15) is 54.6 Å². The van der Waals surface area contributed by atoms with E-state index in [1.807, 2.05) is 24.3 Å². The van der Waals surface area contributed by atoms with Crippen LogP contribution in [0, 0.1) is 0 Å². The lowest BCUT2D eigenvalue weighted by atomic mass is 9.95. The van der Waals surface area contributed by atoms with Crippen LogP contribution < -0.4 is 0 Å². The fourth-order valence-corrected chi connectivity index (χ4v) is 2.62. The molecule has 0 aromatic heterocycles. The number of aromatic carboxylic acids is 1. The first-order valence-electron chi connectivity index (χ1n) is 8.29. The van der Waals surface area contributed by atoms with Crippen LogP contribution in [0.5, 0.6) is 0 Å². The van der Waals surface area contributed by atoms with Crippen molar-refractivity contribution in [2.75, 3.05) is 0 Å². The summed E-state index contributed by atoms with van der Waals surface area (Å²) in [5.74, 6) is -0.887. The number of carboxylic acid groups (broad SMARTS) is 1. The number of rotatable bonds is 7. The predicted octanol–water partition coefficient (Wildman–Crippen LogP) is 5.82. The Kier molecular flexibility index (Phi) is 6.16. The van der Waals surface area contributed by atoms with Crippen LogP contribution >= 0.6 is 0 Å². The van der Waals surface area contributed by atoms with Crippen molar-refractivity contribution in [1.82, 2.24) is 0 Å². The Balaban J connectivity index is 2.40. The van der Waals surface area contributed by atoms with Gasteiger partial charge in [0.25, 0.3) is 0 Å². The van der Waals surface area contributed by atoms with Crippen LogP contribution in [-0.4, -0.2) is 11.1 Å². The predicted molar refractivity (Wildman–Crippen MR) is 96.8 cm³/mol. The summed E-state index contributed by atoms with van der Waals surface area (Å²) in [6, 6.07) is 13.7. The Labute approximate surface area is 138 Å². The summed E-state index contributed by atoms with van der Waals surface area (Å²) in [6.07, 6.45) is 8.48. The van der Waals surface area contributed by atoms with E-state index in [0.717, 1.165) is 42.4 Å². The van der Waals surface area contributed by atoms with Gasteiger partial charge in [-0.1, -0.05) is 69.2 Å². The number of carbonyl (C=O) groups is 1. The molecule has 0 fully saturated rings. The van der Waals surface area contributed by atoms with E-state index in [9.17, 15) is 9.90 Å². The molecule has 0 heterocycles. The largest absolute Gasteiger partial charge is 0.478 e. The minimum atomic E-state index is -0.887. The highest BCUT2D eigenvalue weighted by atomic mass is 16.4. The van der Waals surface area contributed by atoms with E-state index >= 15 is 0 Å². The molecule has 2 heteroatoms. The molecule has 2 nitrogen and oxygen atoms in total. The second kappa shape index (κ2) is 8.33. The van der Waals surface area contributed by atoms with Crippen molar-refractivity contribution in [2.45, 2.75) is 39.5 Å². The number of carboxylic acids is 1. The number of hydrogen-bond acceptors (Lipinski definition) is 1. The van der Waals surface area contributed by atoms with Crippen molar-refractivity contribution in [3.63, 3.8) is 0 Å². The van der Waals surface area contributed by atoms with Gasteiger partial charge in [-0.05, 0) is 47.2 Å². The molecular weight excluding hydrogens is 284 g/mol. The zero-order valence-electron chi connectivity index (χ0n) is 13.9. The van der Waals surface area contributed by atoms with Crippen molar-refractivity contribution < 1.29 is 9.90 Å². The fourth-order valence-electron chi connectivity index (χ4n) is 2.62. The molecule has 0 amide bonds. The summed E-state index contributed by atoms with van der Waals surface area (Å²) in [7, 11) is 0. The summed E-state index contributed by atoms with van der Waals surface area (Å²) in [5.41, 5.74) is 4.40. The maximum absolute atomic E-state index is 11.5. The summed E-state index contributed by atoms with van der Waals surface area (Å²) >= 11 is 0. The number of aryl methyl sites for hydroxylation is 1. The van der Waals surface area contributed by atoms with Gasteiger partial charge >= 0.3 is 5.97 Å². The quantitative estimate of drug-likeness (QED) is 0.700. The number of allylic oxidation sites excluding steroid dienone is 1. The summed E-state index contributed by atoms with van der Waals surface area (Å²) in [4.78, 5) is 11.5. The van der Waals surface area contributed by atoms with Crippen LogP contribution in [0.15, 0.2) is 48.5 Å². The molecule has 0 aliphatic rings. The molecule has 0 aliphatic heterocycles. The maximum Gasteiger partial charge on any atom is 0.336 e. The first-order chi connectivity index (χ1) is 11.2. The highest BCUT2D eigenvalue weighted by Gasteiger charge is 2.12. The summed E-state index contributed by atoms with van der Waals surface area (Å²) in [6.45, 7) is 4.30. The number of benzene rings is 2. The van der Waals surface area contributed by atoms with E-state index in [2.05, 4.69) is 38.1 Å². The highest BCUT2D eigenvalue weighted by molar-refractivity contribution is 5.96. The van der Waals surface area contributed by atoms with Crippen molar-refractivity contribution in [2.24, 2.45) is 0 Å². The lowest BCUT2D eigenvalue weighted by Gasteiger charge is -2.09. The topological polar surface area (TPSA) is 37.3 Å². The molecular formula is C21H24O2. The minimum Gasteiger partial charge on any atom is -0.478 e. The van der Waals surface area contributed by atoms with Crippen molar-refractivity contribution in [3.8, 4) is 11.1 Å².